The third-order valence-electron chi connectivity index (χ3n) is 1.97. The van der Waals surface area contributed by atoms with Gasteiger partial charge in [-0.15, -0.1) is 11.3 Å². The zero-order valence-corrected chi connectivity index (χ0v) is 10.2. The van der Waals surface area contributed by atoms with Crippen molar-refractivity contribution in [3.05, 3.63) is 28.0 Å². The number of thiophene rings is 1. The molecule has 0 aromatic carbocycles. The van der Waals surface area contributed by atoms with Crippen molar-refractivity contribution >= 4 is 23.3 Å². The van der Waals surface area contributed by atoms with Crippen LogP contribution in [0.15, 0.2) is 17.5 Å². The fourth-order valence-electron chi connectivity index (χ4n) is 1.07. The minimum Gasteiger partial charge on any atom is -0.352 e. The summed E-state index contributed by atoms with van der Waals surface area (Å²) in [5, 5.41) is 4.87. The molecular formula is C12H17NOS. The smallest absolute Gasteiger partial charge is 0.244 e. The van der Waals surface area contributed by atoms with Crippen LogP contribution in [0.5, 0.6) is 0 Å². The average molecular weight is 223 g/mol. The van der Waals surface area contributed by atoms with Gasteiger partial charge in [0.2, 0.25) is 5.91 Å². The van der Waals surface area contributed by atoms with E-state index in [2.05, 4.69) is 25.2 Å². The van der Waals surface area contributed by atoms with Crippen LogP contribution in [0.4, 0.5) is 0 Å². The lowest BCUT2D eigenvalue weighted by Crippen LogP contribution is -2.25. The monoisotopic (exact) mass is 223 g/mol. The molecule has 0 atom stereocenters. The number of carbonyl (C=O) groups excluding carboxylic acids is 1. The van der Waals surface area contributed by atoms with Gasteiger partial charge in [0, 0.05) is 17.5 Å². The van der Waals surface area contributed by atoms with Gasteiger partial charge in [0.15, 0.2) is 0 Å². The number of carbonyl (C=O) groups is 1. The fraction of sp³-hybridized carbons (Fsp3) is 0.417. The van der Waals surface area contributed by atoms with E-state index in [0.717, 1.165) is 11.4 Å². The Morgan fingerprint density at radius 2 is 2.33 bits per heavy atom. The van der Waals surface area contributed by atoms with Gasteiger partial charge < -0.3 is 5.32 Å². The number of hydrogen-bond acceptors (Lipinski definition) is 2. The van der Waals surface area contributed by atoms with Crippen LogP contribution in [0.25, 0.3) is 6.08 Å². The zero-order chi connectivity index (χ0) is 11.3. The third-order valence-corrected chi connectivity index (χ3v) is 2.96. The minimum absolute atomic E-state index is 0.0171. The number of nitrogens with one attached hydrogen (secondary N) is 1. The van der Waals surface area contributed by atoms with E-state index in [4.69, 9.17) is 0 Å². The maximum atomic E-state index is 11.4. The summed E-state index contributed by atoms with van der Waals surface area (Å²) >= 11 is 1.65. The van der Waals surface area contributed by atoms with Crippen molar-refractivity contribution in [3.8, 4) is 0 Å². The van der Waals surface area contributed by atoms with E-state index in [0.29, 0.717) is 5.92 Å². The summed E-state index contributed by atoms with van der Waals surface area (Å²) in [6.45, 7) is 6.93. The molecule has 0 unspecified atom stereocenters. The molecule has 82 valence electrons. The maximum absolute atomic E-state index is 11.4. The highest BCUT2D eigenvalue weighted by Crippen LogP contribution is 2.16. The Morgan fingerprint density at radius 1 is 1.60 bits per heavy atom. The molecule has 1 aromatic heterocycles. The SMILES string of the molecule is Cc1ccsc1C=CC(=O)NCC(C)C. The summed E-state index contributed by atoms with van der Waals surface area (Å²) < 4.78 is 0. The van der Waals surface area contributed by atoms with Crippen molar-refractivity contribution < 1.29 is 4.79 Å². The number of hydrogen-bond donors (Lipinski definition) is 1. The molecule has 0 bridgehead atoms. The Morgan fingerprint density at radius 3 is 2.87 bits per heavy atom. The normalized spacial score (nSPS) is 11.2. The highest BCUT2D eigenvalue weighted by atomic mass is 32.1. The van der Waals surface area contributed by atoms with Crippen molar-refractivity contribution in [1.29, 1.82) is 0 Å². The molecule has 1 rings (SSSR count). The third kappa shape index (κ3) is 4.30. The van der Waals surface area contributed by atoms with E-state index < -0.39 is 0 Å². The van der Waals surface area contributed by atoms with Crippen molar-refractivity contribution in [2.24, 2.45) is 5.92 Å². The molecule has 0 radical (unpaired) electrons. The molecule has 2 nitrogen and oxygen atoms in total. The van der Waals surface area contributed by atoms with E-state index in [1.54, 1.807) is 17.4 Å². The Bertz CT molecular complexity index is 352. The predicted octanol–water partition coefficient (Wildman–Crippen LogP) is 2.84. The van der Waals surface area contributed by atoms with Crippen LogP contribution in [-0.4, -0.2) is 12.5 Å². The Balaban J connectivity index is 2.44. The van der Waals surface area contributed by atoms with Crippen molar-refractivity contribution in [2.45, 2.75) is 20.8 Å². The summed E-state index contributed by atoms with van der Waals surface area (Å²) in [5.41, 5.74) is 1.22. The predicted molar refractivity (Wildman–Crippen MR) is 65.9 cm³/mol. The topological polar surface area (TPSA) is 29.1 Å². The van der Waals surface area contributed by atoms with Crippen LogP contribution >= 0.6 is 11.3 Å². The molecule has 0 spiro atoms. The Kier molecular flexibility index (Phi) is 4.56. The van der Waals surface area contributed by atoms with Gasteiger partial charge in [-0.1, -0.05) is 13.8 Å². The summed E-state index contributed by atoms with van der Waals surface area (Å²) in [4.78, 5) is 12.5. The summed E-state index contributed by atoms with van der Waals surface area (Å²) in [6, 6.07) is 2.05. The number of amides is 1. The standard InChI is InChI=1S/C12H17NOS/c1-9(2)8-13-12(14)5-4-11-10(3)6-7-15-11/h4-7,9H,8H2,1-3H3,(H,13,14). The second-order valence-corrected chi connectivity index (χ2v) is 4.89. The molecule has 3 heteroatoms. The molecule has 0 saturated heterocycles. The lowest BCUT2D eigenvalue weighted by Gasteiger charge is -2.03. The lowest BCUT2D eigenvalue weighted by molar-refractivity contribution is -0.116. The van der Waals surface area contributed by atoms with Crippen molar-refractivity contribution in [3.63, 3.8) is 0 Å². The van der Waals surface area contributed by atoms with E-state index in [-0.39, 0.29) is 5.91 Å². The van der Waals surface area contributed by atoms with Gasteiger partial charge >= 0.3 is 0 Å². The Labute approximate surface area is 95.0 Å². The van der Waals surface area contributed by atoms with Crippen LogP contribution < -0.4 is 5.32 Å². The minimum atomic E-state index is -0.0171. The summed E-state index contributed by atoms with van der Waals surface area (Å²) in [5.74, 6) is 0.474. The number of rotatable bonds is 4. The molecule has 15 heavy (non-hydrogen) atoms. The van der Waals surface area contributed by atoms with Crippen molar-refractivity contribution in [1.82, 2.24) is 5.32 Å². The Hall–Kier alpha value is -1.09. The van der Waals surface area contributed by atoms with Crippen LogP contribution in [0, 0.1) is 12.8 Å². The molecule has 1 amide bonds. The largest absolute Gasteiger partial charge is 0.352 e. The molecular weight excluding hydrogens is 206 g/mol. The zero-order valence-electron chi connectivity index (χ0n) is 9.41. The quantitative estimate of drug-likeness (QED) is 0.781. The molecule has 1 aromatic rings. The molecule has 0 saturated carbocycles. The van der Waals surface area contributed by atoms with E-state index in [1.165, 1.54) is 5.56 Å². The van der Waals surface area contributed by atoms with Gasteiger partial charge in [-0.3, -0.25) is 4.79 Å². The molecule has 0 fully saturated rings. The van der Waals surface area contributed by atoms with Gasteiger partial charge in [-0.25, -0.2) is 0 Å². The van der Waals surface area contributed by atoms with Gasteiger partial charge in [0.05, 0.1) is 0 Å². The van der Waals surface area contributed by atoms with Crippen LogP contribution in [-0.2, 0) is 4.79 Å². The fourth-order valence-corrected chi connectivity index (χ4v) is 1.89. The molecule has 0 aliphatic heterocycles. The second kappa shape index (κ2) is 5.71. The first kappa shape index (κ1) is 12.0. The molecule has 1 N–H and O–H groups in total. The van der Waals surface area contributed by atoms with Gasteiger partial charge in [-0.05, 0) is 35.9 Å². The average Bonchev–Trinajstić information content (AvgIpc) is 2.58. The number of aryl methyl sites for hydroxylation is 1. The van der Waals surface area contributed by atoms with Gasteiger partial charge in [0.25, 0.3) is 0 Å². The molecule has 0 aliphatic rings. The van der Waals surface area contributed by atoms with Crippen LogP contribution in [0.2, 0.25) is 0 Å². The highest BCUT2D eigenvalue weighted by molar-refractivity contribution is 7.11. The first-order valence-electron chi connectivity index (χ1n) is 5.09. The second-order valence-electron chi connectivity index (χ2n) is 3.94. The van der Waals surface area contributed by atoms with Gasteiger partial charge in [-0.2, -0.15) is 0 Å². The van der Waals surface area contributed by atoms with E-state index >= 15 is 0 Å². The summed E-state index contributed by atoms with van der Waals surface area (Å²) in [7, 11) is 0. The van der Waals surface area contributed by atoms with Gasteiger partial charge in [0.1, 0.15) is 0 Å². The highest BCUT2D eigenvalue weighted by Gasteiger charge is 1.98. The first-order valence-corrected chi connectivity index (χ1v) is 5.97. The first-order chi connectivity index (χ1) is 7.09. The summed E-state index contributed by atoms with van der Waals surface area (Å²) in [6.07, 6.45) is 3.47. The van der Waals surface area contributed by atoms with E-state index in [9.17, 15) is 4.79 Å². The maximum Gasteiger partial charge on any atom is 0.244 e. The van der Waals surface area contributed by atoms with E-state index in [1.807, 2.05) is 18.4 Å². The molecule has 0 aliphatic carbocycles. The van der Waals surface area contributed by atoms with Crippen molar-refractivity contribution in [2.75, 3.05) is 6.54 Å². The lowest BCUT2D eigenvalue weighted by atomic mass is 10.2. The van der Waals surface area contributed by atoms with Crippen LogP contribution in [0.3, 0.4) is 0 Å². The molecule has 1 heterocycles. The van der Waals surface area contributed by atoms with Crippen LogP contribution in [0.1, 0.15) is 24.3 Å².